The van der Waals surface area contributed by atoms with Crippen LogP contribution in [0.5, 0.6) is 0 Å². The fourth-order valence-electron chi connectivity index (χ4n) is 1.61. The molecule has 1 unspecified atom stereocenters. The van der Waals surface area contributed by atoms with Crippen molar-refractivity contribution in [3.8, 4) is 0 Å². The van der Waals surface area contributed by atoms with Crippen molar-refractivity contribution in [1.82, 2.24) is 9.97 Å². The lowest BCUT2D eigenvalue weighted by atomic mass is 10.1. The molecule has 15 heavy (non-hydrogen) atoms. The van der Waals surface area contributed by atoms with E-state index in [0.717, 1.165) is 0 Å². The van der Waals surface area contributed by atoms with E-state index in [1.807, 2.05) is 22.6 Å². The first-order valence-corrected chi connectivity index (χ1v) is 7.33. The third kappa shape index (κ3) is 2.39. The smallest absolute Gasteiger partial charge is 0.264 e. The van der Waals surface area contributed by atoms with Crippen molar-refractivity contribution in [3.05, 3.63) is 25.9 Å². The monoisotopic (exact) mass is 340 g/mol. The summed E-state index contributed by atoms with van der Waals surface area (Å²) in [4.78, 5) is 18.0. The molecule has 5 nitrogen and oxygen atoms in total. The maximum Gasteiger partial charge on any atom is 0.264 e. The molecular formula is C8H9IN2O3S. The van der Waals surface area contributed by atoms with Crippen LogP contribution in [0.4, 0.5) is 0 Å². The van der Waals surface area contributed by atoms with E-state index in [-0.39, 0.29) is 23.0 Å². The van der Waals surface area contributed by atoms with E-state index in [9.17, 15) is 13.2 Å². The molecule has 82 valence electrons. The summed E-state index contributed by atoms with van der Waals surface area (Å²) in [7, 11) is -2.93. The van der Waals surface area contributed by atoms with Crippen LogP contribution in [0.25, 0.3) is 0 Å². The van der Waals surface area contributed by atoms with Gasteiger partial charge < -0.3 is 4.98 Å². The van der Waals surface area contributed by atoms with Crippen molar-refractivity contribution in [2.45, 2.75) is 12.3 Å². The zero-order valence-corrected chi connectivity index (χ0v) is 10.7. The number of H-pyrrole nitrogens is 1. The molecule has 1 aliphatic heterocycles. The predicted octanol–water partition coefficient (Wildman–Crippen LogP) is 0.277. The molecule has 2 heterocycles. The fourth-order valence-corrected chi connectivity index (χ4v) is 3.63. The molecule has 0 saturated carbocycles. The van der Waals surface area contributed by atoms with Crippen molar-refractivity contribution < 1.29 is 8.42 Å². The van der Waals surface area contributed by atoms with Gasteiger partial charge in [-0.05, 0) is 29.0 Å². The number of nitrogens with zero attached hydrogens (tertiary/aromatic N) is 1. The van der Waals surface area contributed by atoms with Crippen molar-refractivity contribution in [1.29, 1.82) is 0 Å². The number of sulfone groups is 1. The lowest BCUT2D eigenvalue weighted by Gasteiger charge is -2.05. The lowest BCUT2D eigenvalue weighted by Crippen LogP contribution is -2.17. The Morgan fingerprint density at radius 3 is 2.80 bits per heavy atom. The molecule has 0 radical (unpaired) electrons. The summed E-state index contributed by atoms with van der Waals surface area (Å²) >= 11 is 1.89. The number of halogens is 1. The van der Waals surface area contributed by atoms with Crippen molar-refractivity contribution in [2.75, 3.05) is 11.5 Å². The standard InChI is InChI=1S/C8H9IN2O3S/c9-6-3-10-7(11-8(6)12)5-1-2-15(13,14)4-5/h3,5H,1-2,4H2,(H,10,11,12). The maximum absolute atomic E-state index is 11.3. The van der Waals surface area contributed by atoms with Gasteiger partial charge in [0.15, 0.2) is 9.84 Å². The van der Waals surface area contributed by atoms with E-state index in [1.54, 1.807) is 0 Å². The molecule has 0 amide bonds. The minimum Gasteiger partial charge on any atom is -0.309 e. The summed E-state index contributed by atoms with van der Waals surface area (Å²) in [6, 6.07) is 0. The first-order chi connectivity index (χ1) is 6.98. The van der Waals surface area contributed by atoms with Gasteiger partial charge >= 0.3 is 0 Å². The van der Waals surface area contributed by atoms with Gasteiger partial charge in [0.2, 0.25) is 0 Å². The van der Waals surface area contributed by atoms with Gasteiger partial charge in [0, 0.05) is 12.1 Å². The Labute approximate surface area is 100 Å². The van der Waals surface area contributed by atoms with Crippen LogP contribution in [-0.2, 0) is 9.84 Å². The van der Waals surface area contributed by atoms with Crippen molar-refractivity contribution >= 4 is 32.4 Å². The maximum atomic E-state index is 11.3. The van der Waals surface area contributed by atoms with E-state index >= 15 is 0 Å². The second-order valence-corrected chi connectivity index (χ2v) is 6.94. The highest BCUT2D eigenvalue weighted by atomic mass is 127. The topological polar surface area (TPSA) is 79.9 Å². The first-order valence-electron chi connectivity index (χ1n) is 4.43. The van der Waals surface area contributed by atoms with E-state index in [0.29, 0.717) is 15.8 Å². The second kappa shape index (κ2) is 3.85. The molecular weight excluding hydrogens is 331 g/mol. The number of aromatic nitrogens is 2. The predicted molar refractivity (Wildman–Crippen MR) is 63.6 cm³/mol. The summed E-state index contributed by atoms with van der Waals surface area (Å²) < 4.78 is 23.0. The Morgan fingerprint density at radius 1 is 1.53 bits per heavy atom. The summed E-state index contributed by atoms with van der Waals surface area (Å²) in [5, 5.41) is 0. The average molecular weight is 340 g/mol. The molecule has 0 spiro atoms. The molecule has 7 heteroatoms. The quantitative estimate of drug-likeness (QED) is 0.745. The van der Waals surface area contributed by atoms with Crippen LogP contribution in [-0.4, -0.2) is 29.9 Å². The normalized spacial score (nSPS) is 24.2. The third-order valence-electron chi connectivity index (χ3n) is 2.39. The molecule has 1 N–H and O–H groups in total. The van der Waals surface area contributed by atoms with E-state index in [1.165, 1.54) is 6.20 Å². The van der Waals surface area contributed by atoms with Gasteiger partial charge in [0.25, 0.3) is 5.56 Å². The number of hydrogen-bond donors (Lipinski definition) is 1. The number of hydrogen-bond acceptors (Lipinski definition) is 4. The van der Waals surface area contributed by atoms with Crippen LogP contribution >= 0.6 is 22.6 Å². The second-order valence-electron chi connectivity index (χ2n) is 3.55. The molecule has 1 saturated heterocycles. The van der Waals surface area contributed by atoms with Crippen molar-refractivity contribution in [3.63, 3.8) is 0 Å². The van der Waals surface area contributed by atoms with E-state index < -0.39 is 9.84 Å². The highest BCUT2D eigenvalue weighted by Gasteiger charge is 2.30. The van der Waals surface area contributed by atoms with Gasteiger partial charge in [-0.25, -0.2) is 13.4 Å². The van der Waals surface area contributed by atoms with Gasteiger partial charge in [-0.2, -0.15) is 0 Å². The Balaban J connectivity index is 2.32. The van der Waals surface area contributed by atoms with E-state index in [2.05, 4.69) is 9.97 Å². The molecule has 0 aromatic carbocycles. The van der Waals surface area contributed by atoms with Gasteiger partial charge in [0.05, 0.1) is 15.1 Å². The Morgan fingerprint density at radius 2 is 2.27 bits per heavy atom. The van der Waals surface area contributed by atoms with Gasteiger partial charge in [-0.15, -0.1) is 0 Å². The molecule has 0 aliphatic carbocycles. The first kappa shape index (κ1) is 11.1. The zero-order chi connectivity index (χ0) is 11.1. The Bertz CT molecular complexity index is 537. The number of aromatic amines is 1. The SMILES string of the molecule is O=c1[nH]c(C2CCS(=O)(=O)C2)ncc1I. The molecule has 1 aromatic rings. The number of nitrogens with one attached hydrogen (secondary N) is 1. The fraction of sp³-hybridized carbons (Fsp3) is 0.500. The Kier molecular flexibility index (Phi) is 2.84. The molecule has 2 rings (SSSR count). The summed E-state index contributed by atoms with van der Waals surface area (Å²) in [5.41, 5.74) is -0.204. The highest BCUT2D eigenvalue weighted by molar-refractivity contribution is 14.1. The minimum atomic E-state index is -2.93. The molecule has 0 bridgehead atoms. The molecule has 1 fully saturated rings. The molecule has 1 atom stereocenters. The van der Waals surface area contributed by atoms with Crippen molar-refractivity contribution in [2.24, 2.45) is 0 Å². The van der Waals surface area contributed by atoms with Gasteiger partial charge in [0.1, 0.15) is 5.82 Å². The van der Waals surface area contributed by atoms with Gasteiger partial charge in [-0.1, -0.05) is 0 Å². The lowest BCUT2D eigenvalue weighted by molar-refractivity contribution is 0.601. The highest BCUT2D eigenvalue weighted by Crippen LogP contribution is 2.25. The van der Waals surface area contributed by atoms with Crippen LogP contribution in [0.3, 0.4) is 0 Å². The summed E-state index contributed by atoms with van der Waals surface area (Å²) in [5.74, 6) is 0.616. The van der Waals surface area contributed by atoms with E-state index in [4.69, 9.17) is 0 Å². The van der Waals surface area contributed by atoms with Crippen LogP contribution in [0.1, 0.15) is 18.2 Å². The summed E-state index contributed by atoms with van der Waals surface area (Å²) in [6.07, 6.45) is 2.02. The van der Waals surface area contributed by atoms with Crippen LogP contribution < -0.4 is 5.56 Å². The van der Waals surface area contributed by atoms with Crippen LogP contribution in [0.15, 0.2) is 11.0 Å². The summed E-state index contributed by atoms with van der Waals surface area (Å²) in [6.45, 7) is 0. The molecule has 1 aliphatic rings. The van der Waals surface area contributed by atoms with Crippen LogP contribution in [0, 0.1) is 3.57 Å². The average Bonchev–Trinajstić information content (AvgIpc) is 2.51. The number of rotatable bonds is 1. The largest absolute Gasteiger partial charge is 0.309 e. The minimum absolute atomic E-state index is 0.0938. The zero-order valence-electron chi connectivity index (χ0n) is 7.73. The van der Waals surface area contributed by atoms with Gasteiger partial charge in [-0.3, -0.25) is 4.79 Å². The third-order valence-corrected chi connectivity index (χ3v) is 4.93. The molecule has 1 aromatic heterocycles. The van der Waals surface area contributed by atoms with Crippen LogP contribution in [0.2, 0.25) is 0 Å². The Hall–Kier alpha value is -0.440.